The van der Waals surface area contributed by atoms with Crippen molar-refractivity contribution in [2.45, 2.75) is 64.5 Å². The molecule has 0 radical (unpaired) electrons. The molecule has 0 atom stereocenters. The average Bonchev–Trinajstić information content (AvgIpc) is 3.03. The molecule has 2 N–H and O–H groups in total. The zero-order valence-electron chi connectivity index (χ0n) is 12.8. The van der Waals surface area contributed by atoms with E-state index in [0.717, 1.165) is 43.6 Å². The zero-order valence-corrected chi connectivity index (χ0v) is 12.8. The average molecular weight is 289 g/mol. The quantitative estimate of drug-likeness (QED) is 0.878. The molecular formula is C15H23N5O. The summed E-state index contributed by atoms with van der Waals surface area (Å²) in [4.78, 5) is 4.58. The summed E-state index contributed by atoms with van der Waals surface area (Å²) in [6, 6.07) is 1.97. The smallest absolute Gasteiger partial charge is 0.276 e. The van der Waals surface area contributed by atoms with E-state index in [1.165, 1.54) is 12.8 Å². The topological polar surface area (TPSA) is 82.8 Å². The second-order valence-corrected chi connectivity index (χ2v) is 5.98. The summed E-state index contributed by atoms with van der Waals surface area (Å²) in [6.45, 7) is 4.78. The predicted molar refractivity (Wildman–Crippen MR) is 79.5 cm³/mol. The van der Waals surface area contributed by atoms with Crippen LogP contribution in [0.4, 0.5) is 0 Å². The molecule has 6 heteroatoms. The highest BCUT2D eigenvalue weighted by atomic mass is 16.5. The normalized spacial score (nSPS) is 18.6. The molecule has 0 bridgehead atoms. The van der Waals surface area contributed by atoms with Crippen molar-refractivity contribution in [3.63, 3.8) is 0 Å². The molecule has 6 nitrogen and oxygen atoms in total. The first-order valence-corrected chi connectivity index (χ1v) is 7.80. The molecule has 0 saturated heterocycles. The summed E-state index contributed by atoms with van der Waals surface area (Å²) >= 11 is 0. The number of aromatic nitrogens is 4. The number of nitrogens with zero attached hydrogens (tertiary/aromatic N) is 4. The Hall–Kier alpha value is -1.69. The van der Waals surface area contributed by atoms with Crippen LogP contribution in [0.25, 0.3) is 11.6 Å². The number of hydrogen-bond donors (Lipinski definition) is 1. The Bertz CT molecular complexity index is 607. The fourth-order valence-electron chi connectivity index (χ4n) is 3.07. The van der Waals surface area contributed by atoms with Gasteiger partial charge in [0.05, 0.1) is 11.2 Å². The van der Waals surface area contributed by atoms with Gasteiger partial charge in [-0.25, -0.2) is 0 Å². The lowest BCUT2D eigenvalue weighted by Gasteiger charge is -2.23. The van der Waals surface area contributed by atoms with E-state index in [1.807, 2.05) is 24.6 Å². The molecule has 2 heterocycles. The van der Waals surface area contributed by atoms with E-state index in [2.05, 4.69) is 15.2 Å². The van der Waals surface area contributed by atoms with Crippen LogP contribution in [-0.2, 0) is 12.1 Å². The van der Waals surface area contributed by atoms with Gasteiger partial charge in [0.15, 0.2) is 5.82 Å². The maximum atomic E-state index is 6.54. The first kappa shape index (κ1) is 14.3. The summed E-state index contributed by atoms with van der Waals surface area (Å²) in [6.07, 6.45) is 6.60. The van der Waals surface area contributed by atoms with Crippen LogP contribution in [0.3, 0.4) is 0 Å². The van der Waals surface area contributed by atoms with Crippen molar-refractivity contribution in [3.05, 3.63) is 17.6 Å². The highest BCUT2D eigenvalue weighted by molar-refractivity contribution is 5.48. The van der Waals surface area contributed by atoms with Crippen molar-refractivity contribution in [1.82, 2.24) is 19.9 Å². The molecule has 0 amide bonds. The van der Waals surface area contributed by atoms with Gasteiger partial charge in [0.2, 0.25) is 0 Å². The van der Waals surface area contributed by atoms with Crippen LogP contribution in [0.1, 0.15) is 57.0 Å². The molecule has 3 rings (SSSR count). The Morgan fingerprint density at radius 2 is 2.00 bits per heavy atom. The van der Waals surface area contributed by atoms with E-state index in [0.29, 0.717) is 11.7 Å². The fraction of sp³-hybridized carbons (Fsp3) is 0.667. The monoisotopic (exact) mass is 289 g/mol. The first-order valence-electron chi connectivity index (χ1n) is 7.80. The van der Waals surface area contributed by atoms with E-state index in [1.54, 1.807) is 0 Å². The maximum absolute atomic E-state index is 6.54. The summed E-state index contributed by atoms with van der Waals surface area (Å²) < 4.78 is 7.34. The highest BCUT2D eigenvalue weighted by Crippen LogP contribution is 2.33. The minimum atomic E-state index is -0.440. The van der Waals surface area contributed by atoms with Crippen molar-refractivity contribution in [2.75, 3.05) is 0 Å². The minimum Gasteiger partial charge on any atom is -0.332 e. The Kier molecular flexibility index (Phi) is 3.80. The maximum Gasteiger partial charge on any atom is 0.276 e. The van der Waals surface area contributed by atoms with Crippen LogP contribution in [-0.4, -0.2) is 19.9 Å². The number of nitrogens with two attached hydrogens (primary N) is 1. The van der Waals surface area contributed by atoms with Crippen LogP contribution in [0, 0.1) is 6.92 Å². The van der Waals surface area contributed by atoms with Gasteiger partial charge in [0.1, 0.15) is 5.69 Å². The lowest BCUT2D eigenvalue weighted by atomic mass is 9.91. The van der Waals surface area contributed by atoms with Crippen LogP contribution < -0.4 is 5.73 Å². The van der Waals surface area contributed by atoms with Gasteiger partial charge < -0.3 is 10.3 Å². The molecule has 1 aliphatic carbocycles. The van der Waals surface area contributed by atoms with Crippen molar-refractivity contribution >= 4 is 0 Å². The lowest BCUT2D eigenvalue weighted by molar-refractivity contribution is 0.334. The van der Waals surface area contributed by atoms with E-state index in [-0.39, 0.29) is 0 Å². The fourth-order valence-corrected chi connectivity index (χ4v) is 3.07. The van der Waals surface area contributed by atoms with Gasteiger partial charge >= 0.3 is 0 Å². The second kappa shape index (κ2) is 5.60. The minimum absolute atomic E-state index is 0.440. The number of rotatable bonds is 3. The first-order chi connectivity index (χ1) is 10.1. The Labute approximate surface area is 124 Å². The Morgan fingerprint density at radius 1 is 1.29 bits per heavy atom. The Morgan fingerprint density at radius 3 is 2.67 bits per heavy atom. The van der Waals surface area contributed by atoms with Crippen LogP contribution >= 0.6 is 0 Å². The summed E-state index contributed by atoms with van der Waals surface area (Å²) in [5.41, 5.74) is 7.91. The van der Waals surface area contributed by atoms with Crippen molar-refractivity contribution in [3.8, 4) is 11.6 Å². The SMILES string of the molecule is CCn1nc(C)cc1-c1nc(C2(N)CCCCCC2)no1. The molecule has 0 unspecified atom stereocenters. The van der Waals surface area contributed by atoms with E-state index in [9.17, 15) is 0 Å². The summed E-state index contributed by atoms with van der Waals surface area (Å²) in [5, 5.41) is 8.58. The Balaban J connectivity index is 1.92. The van der Waals surface area contributed by atoms with Gasteiger partial charge in [-0.05, 0) is 32.8 Å². The standard InChI is InChI=1S/C15H23N5O/c1-3-20-12(10-11(2)18-20)13-17-14(19-21-13)15(16)8-6-4-5-7-9-15/h10H,3-9,16H2,1-2H3. The second-order valence-electron chi connectivity index (χ2n) is 5.98. The third-order valence-electron chi connectivity index (χ3n) is 4.29. The molecule has 1 aliphatic rings. The van der Waals surface area contributed by atoms with Gasteiger partial charge in [0.25, 0.3) is 5.89 Å². The van der Waals surface area contributed by atoms with Crippen LogP contribution in [0.15, 0.2) is 10.6 Å². The van der Waals surface area contributed by atoms with Crippen molar-refractivity contribution in [1.29, 1.82) is 0 Å². The van der Waals surface area contributed by atoms with Gasteiger partial charge in [-0.1, -0.05) is 30.8 Å². The van der Waals surface area contributed by atoms with Crippen molar-refractivity contribution < 1.29 is 4.52 Å². The predicted octanol–water partition coefficient (Wildman–Crippen LogP) is 2.77. The van der Waals surface area contributed by atoms with Gasteiger partial charge in [-0.15, -0.1) is 0 Å². The lowest BCUT2D eigenvalue weighted by Crippen LogP contribution is -2.37. The third kappa shape index (κ3) is 2.72. The molecule has 1 fully saturated rings. The summed E-state index contributed by atoms with van der Waals surface area (Å²) in [5.74, 6) is 1.16. The molecular weight excluding hydrogens is 266 g/mol. The molecule has 0 aliphatic heterocycles. The van der Waals surface area contributed by atoms with Gasteiger partial charge in [-0.2, -0.15) is 10.1 Å². The molecule has 0 spiro atoms. The van der Waals surface area contributed by atoms with E-state index >= 15 is 0 Å². The van der Waals surface area contributed by atoms with Crippen LogP contribution in [0.5, 0.6) is 0 Å². The van der Waals surface area contributed by atoms with Gasteiger partial charge in [-0.3, -0.25) is 4.68 Å². The number of aryl methyl sites for hydroxylation is 2. The third-order valence-corrected chi connectivity index (χ3v) is 4.29. The molecule has 2 aromatic rings. The molecule has 2 aromatic heterocycles. The van der Waals surface area contributed by atoms with E-state index in [4.69, 9.17) is 10.3 Å². The summed E-state index contributed by atoms with van der Waals surface area (Å²) in [7, 11) is 0. The molecule has 0 aromatic carbocycles. The molecule has 21 heavy (non-hydrogen) atoms. The molecule has 1 saturated carbocycles. The zero-order chi connectivity index (χ0) is 14.9. The van der Waals surface area contributed by atoms with Crippen molar-refractivity contribution in [2.24, 2.45) is 5.73 Å². The largest absolute Gasteiger partial charge is 0.332 e. The van der Waals surface area contributed by atoms with E-state index < -0.39 is 5.54 Å². The highest BCUT2D eigenvalue weighted by Gasteiger charge is 2.33. The van der Waals surface area contributed by atoms with Gasteiger partial charge in [0, 0.05) is 6.54 Å². The van der Waals surface area contributed by atoms with Crippen LogP contribution in [0.2, 0.25) is 0 Å². The molecule has 114 valence electrons. The number of hydrogen-bond acceptors (Lipinski definition) is 5.